The highest BCUT2D eigenvalue weighted by molar-refractivity contribution is 5.99. The maximum atomic E-state index is 13.6. The Morgan fingerprint density at radius 3 is 2.29 bits per heavy atom. The van der Waals surface area contributed by atoms with Gasteiger partial charge in [-0.1, -0.05) is 12.2 Å². The van der Waals surface area contributed by atoms with Crippen LogP contribution in [0.4, 0.5) is 0 Å². The molecular formula is C30H34O8. The number of hydrogen-bond acceptors (Lipinski definition) is 8. The van der Waals surface area contributed by atoms with Crippen LogP contribution in [0.3, 0.4) is 0 Å². The second kappa shape index (κ2) is 12.2. The number of esters is 2. The number of methoxy groups -OCH3 is 3. The minimum absolute atomic E-state index is 0.0494. The average molecular weight is 523 g/mol. The third-order valence-corrected chi connectivity index (χ3v) is 6.94. The number of ether oxygens (including phenoxy) is 5. The molecule has 0 amide bonds. The van der Waals surface area contributed by atoms with Gasteiger partial charge < -0.3 is 23.7 Å². The van der Waals surface area contributed by atoms with E-state index in [-0.39, 0.29) is 23.9 Å². The summed E-state index contributed by atoms with van der Waals surface area (Å²) >= 11 is 0. The van der Waals surface area contributed by atoms with E-state index in [2.05, 4.69) is 0 Å². The van der Waals surface area contributed by atoms with E-state index in [4.69, 9.17) is 23.7 Å². The summed E-state index contributed by atoms with van der Waals surface area (Å²) in [5.74, 6) is 0.607. The monoisotopic (exact) mass is 522 g/mol. The SMILES string of the molecule is COc1cc(OC)cc(C2CC(=O)Oc3cc4c(c(OC)c32)C(=O)O[C@@H](C)CCCC(=O)CCCC=C4)c1. The van der Waals surface area contributed by atoms with Gasteiger partial charge in [0.2, 0.25) is 0 Å². The topological polar surface area (TPSA) is 97.4 Å². The largest absolute Gasteiger partial charge is 0.497 e. The van der Waals surface area contributed by atoms with Crippen molar-refractivity contribution in [3.05, 3.63) is 52.6 Å². The Morgan fingerprint density at radius 1 is 0.895 bits per heavy atom. The summed E-state index contributed by atoms with van der Waals surface area (Å²) in [6, 6.07) is 7.11. The third kappa shape index (κ3) is 6.01. The quantitative estimate of drug-likeness (QED) is 0.376. The fourth-order valence-corrected chi connectivity index (χ4v) is 5.03. The average Bonchev–Trinajstić information content (AvgIpc) is 2.90. The number of benzene rings is 2. The molecule has 0 fully saturated rings. The number of rotatable bonds is 4. The summed E-state index contributed by atoms with van der Waals surface area (Å²) in [7, 11) is 4.61. The van der Waals surface area contributed by atoms with Gasteiger partial charge in [-0.3, -0.25) is 9.59 Å². The van der Waals surface area contributed by atoms with Gasteiger partial charge in [0, 0.05) is 30.4 Å². The Balaban J connectivity index is 1.88. The van der Waals surface area contributed by atoms with Crippen LogP contribution in [0.15, 0.2) is 30.3 Å². The first-order chi connectivity index (χ1) is 18.3. The zero-order valence-corrected chi connectivity index (χ0v) is 22.3. The van der Waals surface area contributed by atoms with Crippen molar-refractivity contribution >= 4 is 23.8 Å². The highest BCUT2D eigenvalue weighted by Gasteiger charge is 2.36. The van der Waals surface area contributed by atoms with E-state index in [1.807, 2.05) is 25.1 Å². The molecule has 38 heavy (non-hydrogen) atoms. The van der Waals surface area contributed by atoms with Gasteiger partial charge in [-0.15, -0.1) is 0 Å². The second-order valence-corrected chi connectivity index (χ2v) is 9.60. The van der Waals surface area contributed by atoms with Crippen LogP contribution < -0.4 is 18.9 Å². The Morgan fingerprint density at radius 2 is 1.61 bits per heavy atom. The number of Topliss-reactive ketones (excluding diaryl/α,β-unsaturated/α-hetero) is 1. The van der Waals surface area contributed by atoms with E-state index in [0.29, 0.717) is 66.2 Å². The molecule has 0 aliphatic carbocycles. The summed E-state index contributed by atoms with van der Waals surface area (Å²) < 4.78 is 28.3. The first kappa shape index (κ1) is 27.2. The molecule has 2 aromatic rings. The van der Waals surface area contributed by atoms with E-state index < -0.39 is 17.9 Å². The summed E-state index contributed by atoms with van der Waals surface area (Å²) in [6.45, 7) is 1.82. The normalized spacial score (nSPS) is 20.4. The molecule has 2 aliphatic heterocycles. The van der Waals surface area contributed by atoms with Crippen LogP contribution in [0.1, 0.15) is 84.8 Å². The van der Waals surface area contributed by atoms with E-state index >= 15 is 0 Å². The van der Waals surface area contributed by atoms with Crippen LogP contribution in [-0.2, 0) is 14.3 Å². The number of carbonyl (C=O) groups is 3. The molecule has 4 rings (SSSR count). The molecule has 0 bridgehead atoms. The lowest BCUT2D eigenvalue weighted by Crippen LogP contribution is -2.24. The van der Waals surface area contributed by atoms with Crippen molar-refractivity contribution in [1.29, 1.82) is 0 Å². The van der Waals surface area contributed by atoms with Crippen LogP contribution in [0.2, 0.25) is 0 Å². The van der Waals surface area contributed by atoms with E-state index in [9.17, 15) is 14.4 Å². The zero-order chi connectivity index (χ0) is 27.2. The van der Waals surface area contributed by atoms with Crippen molar-refractivity contribution in [3.8, 4) is 23.0 Å². The molecule has 0 saturated heterocycles. The minimum atomic E-state index is -0.529. The van der Waals surface area contributed by atoms with Gasteiger partial charge in [-0.2, -0.15) is 0 Å². The van der Waals surface area contributed by atoms with Gasteiger partial charge in [-0.25, -0.2) is 4.79 Å². The number of hydrogen-bond donors (Lipinski definition) is 0. The second-order valence-electron chi connectivity index (χ2n) is 9.60. The summed E-state index contributed by atoms with van der Waals surface area (Å²) in [5, 5.41) is 0. The number of ketones is 1. The molecule has 0 radical (unpaired) electrons. The van der Waals surface area contributed by atoms with Gasteiger partial charge >= 0.3 is 11.9 Å². The summed E-state index contributed by atoms with van der Waals surface area (Å²) in [4.78, 5) is 38.4. The van der Waals surface area contributed by atoms with Crippen molar-refractivity contribution in [2.45, 2.75) is 63.9 Å². The lowest BCUT2D eigenvalue weighted by atomic mass is 9.83. The van der Waals surface area contributed by atoms with Gasteiger partial charge in [-0.05, 0) is 61.9 Å². The van der Waals surface area contributed by atoms with Gasteiger partial charge in [0.05, 0.1) is 33.9 Å². The van der Waals surface area contributed by atoms with E-state index in [0.717, 1.165) is 12.0 Å². The van der Waals surface area contributed by atoms with Gasteiger partial charge in [0.1, 0.15) is 34.3 Å². The molecular weight excluding hydrogens is 488 g/mol. The van der Waals surface area contributed by atoms with E-state index in [1.165, 1.54) is 7.11 Å². The van der Waals surface area contributed by atoms with Crippen molar-refractivity contribution in [2.75, 3.05) is 21.3 Å². The molecule has 0 N–H and O–H groups in total. The molecule has 0 saturated carbocycles. The van der Waals surface area contributed by atoms with Crippen molar-refractivity contribution in [1.82, 2.24) is 0 Å². The highest BCUT2D eigenvalue weighted by Crippen LogP contribution is 2.48. The Kier molecular flexibility index (Phi) is 8.71. The predicted molar refractivity (Wildman–Crippen MR) is 141 cm³/mol. The summed E-state index contributed by atoms with van der Waals surface area (Å²) in [6.07, 6.45) is 7.01. The molecule has 8 heteroatoms. The number of carbonyl (C=O) groups excluding carboxylic acids is 3. The van der Waals surface area contributed by atoms with Crippen LogP contribution in [0, 0.1) is 0 Å². The lowest BCUT2D eigenvalue weighted by molar-refractivity contribution is -0.135. The number of allylic oxidation sites excluding steroid dienone is 1. The lowest BCUT2D eigenvalue weighted by Gasteiger charge is -2.29. The first-order valence-corrected chi connectivity index (χ1v) is 12.9. The Bertz CT molecular complexity index is 1220. The molecule has 0 spiro atoms. The fraction of sp³-hybridized carbons (Fsp3) is 0.433. The standard InChI is InChI=1S/C30H34O8/c1-18-9-8-12-21(31)11-7-5-6-10-19-15-25-28(29(36-4)27(19)30(33)37-18)24(17-26(32)38-25)20-13-22(34-2)16-23(14-20)35-3/h6,10,13-16,18,24H,5,7-9,11-12,17H2,1-4H3/t18-,24?/m0/s1. The van der Waals surface area contributed by atoms with Crippen LogP contribution in [0.5, 0.6) is 23.0 Å². The van der Waals surface area contributed by atoms with Crippen LogP contribution >= 0.6 is 0 Å². The Hall–Kier alpha value is -3.81. The van der Waals surface area contributed by atoms with Gasteiger partial charge in [0.15, 0.2) is 0 Å². The maximum Gasteiger partial charge on any atom is 0.342 e. The highest BCUT2D eigenvalue weighted by atomic mass is 16.5. The third-order valence-electron chi connectivity index (χ3n) is 6.94. The first-order valence-electron chi connectivity index (χ1n) is 12.9. The number of cyclic esters (lactones) is 1. The van der Waals surface area contributed by atoms with Crippen molar-refractivity contribution in [2.24, 2.45) is 0 Å². The molecule has 1 unspecified atom stereocenters. The maximum absolute atomic E-state index is 13.6. The van der Waals surface area contributed by atoms with Crippen LogP contribution in [0.25, 0.3) is 6.08 Å². The molecule has 2 heterocycles. The minimum Gasteiger partial charge on any atom is -0.497 e. The Labute approximate surface area is 222 Å². The number of fused-ring (bicyclic) bond motifs is 2. The smallest absolute Gasteiger partial charge is 0.342 e. The van der Waals surface area contributed by atoms with Gasteiger partial charge in [0.25, 0.3) is 0 Å². The van der Waals surface area contributed by atoms with Crippen molar-refractivity contribution < 1.29 is 38.1 Å². The zero-order valence-electron chi connectivity index (χ0n) is 22.3. The summed E-state index contributed by atoms with van der Waals surface area (Å²) in [5.41, 5.74) is 2.16. The van der Waals surface area contributed by atoms with Crippen LogP contribution in [-0.4, -0.2) is 45.2 Å². The molecule has 202 valence electrons. The molecule has 2 aromatic carbocycles. The molecule has 2 atom stereocenters. The molecule has 2 aliphatic rings. The molecule has 8 nitrogen and oxygen atoms in total. The fourth-order valence-electron chi connectivity index (χ4n) is 5.03. The van der Waals surface area contributed by atoms with E-state index in [1.54, 1.807) is 32.4 Å². The van der Waals surface area contributed by atoms with Crippen molar-refractivity contribution in [3.63, 3.8) is 0 Å². The molecule has 0 aromatic heterocycles. The predicted octanol–water partition coefficient (Wildman–Crippen LogP) is 5.64.